The fraction of sp³-hybridized carbons (Fsp3) is 0.588. The maximum atomic E-state index is 12.7. The minimum Gasteiger partial charge on any atom is -0.458 e. The summed E-state index contributed by atoms with van der Waals surface area (Å²) in [4.78, 5) is 30.4. The molecule has 0 amide bonds. The third-order valence-electron chi connectivity index (χ3n) is 4.56. The number of alkyl halides is 1. The lowest BCUT2D eigenvalue weighted by molar-refractivity contribution is 0.0216. The van der Waals surface area contributed by atoms with Crippen LogP contribution in [-0.2, 0) is 11.3 Å². The molecule has 0 saturated heterocycles. The highest BCUT2D eigenvalue weighted by molar-refractivity contribution is 7.20. The normalized spacial score (nSPS) is 15.8. The number of nitrogens with zero attached hydrogens (tertiary/aromatic N) is 2. The minimum atomic E-state index is -0.631. The number of ether oxygens (including phenoxy) is 1. The quantitative estimate of drug-likeness (QED) is 0.790. The van der Waals surface area contributed by atoms with Crippen molar-refractivity contribution in [2.75, 3.05) is 6.67 Å². The van der Waals surface area contributed by atoms with Crippen molar-refractivity contribution in [1.82, 2.24) is 9.55 Å². The van der Waals surface area contributed by atoms with Crippen LogP contribution in [0.25, 0.3) is 10.2 Å². The molecule has 1 aliphatic rings. The van der Waals surface area contributed by atoms with Crippen LogP contribution in [0, 0.1) is 13.8 Å². The van der Waals surface area contributed by atoms with E-state index in [0.717, 1.165) is 25.7 Å². The highest BCUT2D eigenvalue weighted by atomic mass is 32.1. The summed E-state index contributed by atoms with van der Waals surface area (Å²) in [6, 6.07) is 0. The van der Waals surface area contributed by atoms with Crippen molar-refractivity contribution in [3.63, 3.8) is 0 Å². The average molecular weight is 352 g/mol. The molecule has 0 bridgehead atoms. The van der Waals surface area contributed by atoms with Crippen molar-refractivity contribution < 1.29 is 13.9 Å². The van der Waals surface area contributed by atoms with Gasteiger partial charge in [0.1, 0.15) is 28.3 Å². The summed E-state index contributed by atoms with van der Waals surface area (Å²) in [5.41, 5.74) is 0.293. The van der Waals surface area contributed by atoms with Crippen molar-refractivity contribution >= 4 is 27.5 Å². The number of aryl methyl sites for hydroxylation is 2. The third kappa shape index (κ3) is 3.09. The zero-order valence-corrected chi connectivity index (χ0v) is 14.7. The van der Waals surface area contributed by atoms with Crippen molar-refractivity contribution in [2.45, 2.75) is 58.6 Å². The summed E-state index contributed by atoms with van der Waals surface area (Å²) < 4.78 is 19.6. The first-order valence-corrected chi connectivity index (χ1v) is 9.12. The number of hydrogen-bond acceptors (Lipinski definition) is 5. The Bertz CT molecular complexity index is 821. The molecular formula is C17H21FN2O3S. The van der Waals surface area contributed by atoms with Crippen LogP contribution >= 0.6 is 11.3 Å². The number of aromatic nitrogens is 2. The van der Waals surface area contributed by atoms with E-state index in [1.165, 1.54) is 22.3 Å². The van der Waals surface area contributed by atoms with Gasteiger partial charge in [-0.25, -0.2) is 14.2 Å². The summed E-state index contributed by atoms with van der Waals surface area (Å²) in [5.74, 6) is 0.0788. The fourth-order valence-corrected chi connectivity index (χ4v) is 4.35. The second kappa shape index (κ2) is 7.01. The predicted octanol–water partition coefficient (Wildman–Crippen LogP) is 3.53. The number of thiophene rings is 1. The van der Waals surface area contributed by atoms with E-state index in [0.29, 0.717) is 26.5 Å². The predicted molar refractivity (Wildman–Crippen MR) is 91.6 cm³/mol. The third-order valence-corrected chi connectivity index (χ3v) is 5.73. The van der Waals surface area contributed by atoms with Crippen LogP contribution in [-0.4, -0.2) is 28.3 Å². The molecule has 0 radical (unpaired) electrons. The molecule has 1 fully saturated rings. The van der Waals surface area contributed by atoms with Gasteiger partial charge in [-0.3, -0.25) is 9.36 Å². The van der Waals surface area contributed by atoms with E-state index >= 15 is 0 Å². The van der Waals surface area contributed by atoms with Gasteiger partial charge in [0.2, 0.25) is 0 Å². The fourth-order valence-electron chi connectivity index (χ4n) is 3.25. The van der Waals surface area contributed by atoms with Gasteiger partial charge in [0.05, 0.1) is 11.9 Å². The average Bonchev–Trinajstić information content (AvgIpc) is 2.89. The largest absolute Gasteiger partial charge is 0.458 e. The molecule has 2 aromatic heterocycles. The topological polar surface area (TPSA) is 61.2 Å². The SMILES string of the molecule is Cc1c(C(=O)OC2CCCCC2)sc2nc(C)n(CCF)c(=O)c12. The number of hydrogen-bond donors (Lipinski definition) is 0. The van der Waals surface area contributed by atoms with Gasteiger partial charge in [0.15, 0.2) is 0 Å². The van der Waals surface area contributed by atoms with Crippen LogP contribution in [0.5, 0.6) is 0 Å². The first-order valence-electron chi connectivity index (χ1n) is 8.30. The molecule has 0 aromatic carbocycles. The molecule has 0 unspecified atom stereocenters. The van der Waals surface area contributed by atoms with Crippen molar-refractivity contribution in [2.24, 2.45) is 0 Å². The second-order valence-corrected chi connectivity index (χ2v) is 7.21. The van der Waals surface area contributed by atoms with E-state index in [-0.39, 0.29) is 24.2 Å². The van der Waals surface area contributed by atoms with Gasteiger partial charge >= 0.3 is 5.97 Å². The monoisotopic (exact) mass is 352 g/mol. The molecule has 5 nitrogen and oxygen atoms in total. The molecule has 1 saturated carbocycles. The molecule has 0 spiro atoms. The van der Waals surface area contributed by atoms with Gasteiger partial charge in [0, 0.05) is 0 Å². The van der Waals surface area contributed by atoms with E-state index in [2.05, 4.69) is 4.98 Å². The Morgan fingerprint density at radius 3 is 2.71 bits per heavy atom. The first-order chi connectivity index (χ1) is 11.5. The summed E-state index contributed by atoms with van der Waals surface area (Å²) in [6.45, 7) is 2.75. The van der Waals surface area contributed by atoms with Crippen molar-refractivity contribution in [3.05, 3.63) is 26.6 Å². The minimum absolute atomic E-state index is 0.0231. The van der Waals surface area contributed by atoms with Crippen molar-refractivity contribution in [1.29, 1.82) is 0 Å². The van der Waals surface area contributed by atoms with Gasteiger partial charge in [0.25, 0.3) is 5.56 Å². The van der Waals surface area contributed by atoms with E-state index in [4.69, 9.17) is 4.74 Å². The Morgan fingerprint density at radius 2 is 2.04 bits per heavy atom. The standard InChI is InChI=1S/C17H21FN2O3S/c1-10-13-15(19-11(2)20(9-8-18)16(13)21)24-14(10)17(22)23-12-6-4-3-5-7-12/h12H,3-9H2,1-2H3. The maximum Gasteiger partial charge on any atom is 0.348 e. The first kappa shape index (κ1) is 17.1. The highest BCUT2D eigenvalue weighted by Gasteiger charge is 2.24. The number of carbonyl (C=O) groups excluding carboxylic acids is 1. The van der Waals surface area contributed by atoms with E-state index < -0.39 is 6.67 Å². The zero-order valence-electron chi connectivity index (χ0n) is 13.9. The van der Waals surface area contributed by atoms with Crippen LogP contribution in [0.15, 0.2) is 4.79 Å². The van der Waals surface area contributed by atoms with Crippen LogP contribution in [0.1, 0.15) is 53.2 Å². The zero-order chi connectivity index (χ0) is 17.3. The van der Waals surface area contributed by atoms with E-state index in [1.54, 1.807) is 13.8 Å². The molecule has 3 rings (SSSR count). The second-order valence-electron chi connectivity index (χ2n) is 6.21. The molecule has 1 aliphatic carbocycles. The van der Waals surface area contributed by atoms with Gasteiger partial charge in [-0.2, -0.15) is 0 Å². The molecule has 130 valence electrons. The Kier molecular flexibility index (Phi) is 4.99. The molecule has 0 atom stereocenters. The Hall–Kier alpha value is -1.76. The van der Waals surface area contributed by atoms with Crippen LogP contribution in [0.4, 0.5) is 4.39 Å². The van der Waals surface area contributed by atoms with E-state index in [9.17, 15) is 14.0 Å². The lowest BCUT2D eigenvalue weighted by Gasteiger charge is -2.21. The van der Waals surface area contributed by atoms with Crippen LogP contribution in [0.3, 0.4) is 0 Å². The van der Waals surface area contributed by atoms with Crippen LogP contribution in [0.2, 0.25) is 0 Å². The summed E-state index contributed by atoms with van der Waals surface area (Å²) in [7, 11) is 0. The van der Waals surface area contributed by atoms with Crippen molar-refractivity contribution in [3.8, 4) is 0 Å². The summed E-state index contributed by atoms with van der Waals surface area (Å²) >= 11 is 1.18. The number of rotatable bonds is 4. The molecule has 0 aliphatic heterocycles. The molecule has 2 aromatic rings. The van der Waals surface area contributed by atoms with E-state index in [1.807, 2.05) is 0 Å². The Labute approximate surface area is 143 Å². The lowest BCUT2D eigenvalue weighted by atomic mass is 9.98. The van der Waals surface area contributed by atoms with Gasteiger partial charge < -0.3 is 4.74 Å². The number of fused-ring (bicyclic) bond motifs is 1. The lowest BCUT2D eigenvalue weighted by Crippen LogP contribution is -2.24. The smallest absolute Gasteiger partial charge is 0.348 e. The van der Waals surface area contributed by atoms with Gasteiger partial charge in [-0.1, -0.05) is 6.42 Å². The number of carbonyl (C=O) groups is 1. The maximum absolute atomic E-state index is 12.7. The Balaban J connectivity index is 1.97. The number of esters is 1. The highest BCUT2D eigenvalue weighted by Crippen LogP contribution is 2.29. The molecular weight excluding hydrogens is 331 g/mol. The number of halogens is 1. The van der Waals surface area contributed by atoms with Crippen LogP contribution < -0.4 is 5.56 Å². The molecule has 0 N–H and O–H groups in total. The summed E-state index contributed by atoms with van der Waals surface area (Å²) in [5, 5.41) is 0.398. The van der Waals surface area contributed by atoms with Gasteiger partial charge in [-0.15, -0.1) is 11.3 Å². The molecule has 7 heteroatoms. The Morgan fingerprint density at radius 1 is 1.33 bits per heavy atom. The van der Waals surface area contributed by atoms with Gasteiger partial charge in [-0.05, 0) is 45.1 Å². The molecule has 24 heavy (non-hydrogen) atoms. The molecule has 2 heterocycles. The summed E-state index contributed by atoms with van der Waals surface area (Å²) in [6.07, 6.45) is 5.12.